The van der Waals surface area contributed by atoms with Crippen LogP contribution in [0.4, 0.5) is 0 Å². The van der Waals surface area contributed by atoms with Gasteiger partial charge in [0, 0.05) is 29.8 Å². The molecule has 3 rings (SSSR count). The minimum atomic E-state index is 0.500. The second-order valence-corrected chi connectivity index (χ2v) is 6.75. The number of nitrogens with zero attached hydrogens (tertiary/aromatic N) is 2. The van der Waals surface area contributed by atoms with E-state index in [0.29, 0.717) is 6.04 Å². The van der Waals surface area contributed by atoms with E-state index in [0.717, 1.165) is 31.0 Å². The van der Waals surface area contributed by atoms with Gasteiger partial charge in [-0.05, 0) is 44.0 Å². The van der Waals surface area contributed by atoms with Gasteiger partial charge in [-0.25, -0.2) is 0 Å². The molecule has 0 aliphatic carbocycles. The summed E-state index contributed by atoms with van der Waals surface area (Å²) in [6.07, 6.45) is 1.12. The summed E-state index contributed by atoms with van der Waals surface area (Å²) >= 11 is 2.03. The maximum atomic E-state index is 4.52. The van der Waals surface area contributed by atoms with E-state index in [1.54, 1.807) is 0 Å². The number of fused-ring (bicyclic) bond motifs is 1. The van der Waals surface area contributed by atoms with Crippen molar-refractivity contribution in [3.8, 4) is 0 Å². The molecule has 2 heterocycles. The van der Waals surface area contributed by atoms with Crippen molar-refractivity contribution in [2.24, 2.45) is 0 Å². The van der Waals surface area contributed by atoms with Crippen LogP contribution < -0.4 is 5.32 Å². The summed E-state index contributed by atoms with van der Waals surface area (Å²) in [6.45, 7) is 6.21. The molecule has 1 aromatic heterocycles. The monoisotopic (exact) mass is 301 g/mol. The second kappa shape index (κ2) is 6.67. The lowest BCUT2D eigenvalue weighted by Crippen LogP contribution is -2.28. The molecule has 3 nitrogen and oxygen atoms in total. The first-order valence-corrected chi connectivity index (χ1v) is 8.79. The minimum Gasteiger partial charge on any atom is -0.309 e. The molecule has 0 saturated heterocycles. The van der Waals surface area contributed by atoms with Crippen molar-refractivity contribution >= 4 is 11.8 Å². The molecule has 1 unspecified atom stereocenters. The minimum absolute atomic E-state index is 0.500. The predicted octanol–water partition coefficient (Wildman–Crippen LogP) is 3.47. The normalized spacial score (nSPS) is 17.7. The van der Waals surface area contributed by atoms with Crippen molar-refractivity contribution in [3.05, 3.63) is 52.8 Å². The van der Waals surface area contributed by atoms with E-state index in [-0.39, 0.29) is 0 Å². The smallest absolute Gasteiger partial charge is 0.0596 e. The van der Waals surface area contributed by atoms with Crippen molar-refractivity contribution in [1.29, 1.82) is 0 Å². The van der Waals surface area contributed by atoms with Crippen LogP contribution >= 0.6 is 11.8 Å². The van der Waals surface area contributed by atoms with Crippen LogP contribution in [0.3, 0.4) is 0 Å². The Kier molecular flexibility index (Phi) is 4.66. The lowest BCUT2D eigenvalue weighted by Gasteiger charge is -2.26. The lowest BCUT2D eigenvalue weighted by atomic mass is 10.0. The van der Waals surface area contributed by atoms with Crippen LogP contribution in [-0.2, 0) is 12.3 Å². The van der Waals surface area contributed by atoms with Gasteiger partial charge in [0.05, 0.1) is 5.69 Å². The van der Waals surface area contributed by atoms with Crippen LogP contribution in [-0.4, -0.2) is 22.1 Å². The molecule has 0 spiro atoms. The molecule has 1 aliphatic rings. The number of hydrogen-bond donors (Lipinski definition) is 1. The zero-order valence-electron chi connectivity index (χ0n) is 12.8. The first kappa shape index (κ1) is 14.7. The molecule has 1 atom stereocenters. The quantitative estimate of drug-likeness (QED) is 0.858. The van der Waals surface area contributed by atoms with Gasteiger partial charge in [-0.15, -0.1) is 0 Å². The largest absolute Gasteiger partial charge is 0.309 e. The van der Waals surface area contributed by atoms with Crippen LogP contribution in [0.25, 0.3) is 0 Å². The summed E-state index contributed by atoms with van der Waals surface area (Å²) in [5.41, 5.74) is 5.34. The number of nitrogens with one attached hydrogen (secondary N) is 1. The van der Waals surface area contributed by atoms with E-state index in [2.05, 4.69) is 59.3 Å². The fourth-order valence-electron chi connectivity index (χ4n) is 2.96. The summed E-state index contributed by atoms with van der Waals surface area (Å²) in [5.74, 6) is 2.33. The summed E-state index contributed by atoms with van der Waals surface area (Å²) in [6, 6.07) is 11.5. The molecule has 0 saturated carbocycles. The van der Waals surface area contributed by atoms with E-state index in [1.165, 1.54) is 22.6 Å². The van der Waals surface area contributed by atoms with Gasteiger partial charge in [-0.3, -0.25) is 4.68 Å². The zero-order chi connectivity index (χ0) is 14.7. The van der Waals surface area contributed by atoms with Gasteiger partial charge in [-0.1, -0.05) is 24.3 Å². The lowest BCUT2D eigenvalue weighted by molar-refractivity contribution is 0.501. The fraction of sp³-hybridized carbons (Fsp3) is 0.471. The van der Waals surface area contributed by atoms with E-state index >= 15 is 0 Å². The van der Waals surface area contributed by atoms with Gasteiger partial charge in [-0.2, -0.15) is 16.9 Å². The van der Waals surface area contributed by atoms with Crippen molar-refractivity contribution in [2.75, 3.05) is 12.3 Å². The van der Waals surface area contributed by atoms with Crippen molar-refractivity contribution in [1.82, 2.24) is 15.1 Å². The van der Waals surface area contributed by atoms with Crippen molar-refractivity contribution in [3.63, 3.8) is 0 Å². The Morgan fingerprint density at radius 3 is 3.00 bits per heavy atom. The van der Waals surface area contributed by atoms with Gasteiger partial charge < -0.3 is 5.32 Å². The Morgan fingerprint density at radius 2 is 2.19 bits per heavy atom. The molecule has 1 aliphatic heterocycles. The topological polar surface area (TPSA) is 29.9 Å². The Bertz CT molecular complexity index is 606. The Labute approximate surface area is 131 Å². The summed E-state index contributed by atoms with van der Waals surface area (Å²) in [4.78, 5) is 0. The highest BCUT2D eigenvalue weighted by atomic mass is 32.2. The molecule has 1 aromatic carbocycles. The van der Waals surface area contributed by atoms with Crippen LogP contribution in [0, 0.1) is 13.8 Å². The molecule has 0 amide bonds. The fourth-order valence-corrected chi connectivity index (χ4v) is 4.09. The maximum absolute atomic E-state index is 4.52. The van der Waals surface area contributed by atoms with Gasteiger partial charge in [0.25, 0.3) is 0 Å². The molecule has 0 radical (unpaired) electrons. The Hall–Kier alpha value is -1.26. The molecule has 0 fully saturated rings. The Balaban J connectivity index is 1.51. The highest BCUT2D eigenvalue weighted by Crippen LogP contribution is 2.31. The number of benzene rings is 1. The van der Waals surface area contributed by atoms with Gasteiger partial charge >= 0.3 is 0 Å². The molecule has 4 heteroatoms. The van der Waals surface area contributed by atoms with Gasteiger partial charge in [0.1, 0.15) is 0 Å². The number of aryl methyl sites for hydroxylation is 3. The predicted molar refractivity (Wildman–Crippen MR) is 89.7 cm³/mol. The molecular formula is C17H23N3S. The van der Waals surface area contributed by atoms with Crippen LogP contribution in [0.15, 0.2) is 30.3 Å². The van der Waals surface area contributed by atoms with Crippen molar-refractivity contribution in [2.45, 2.75) is 38.6 Å². The molecule has 2 aromatic rings. The third-order valence-corrected chi connectivity index (χ3v) is 5.10. The van der Waals surface area contributed by atoms with E-state index in [9.17, 15) is 0 Å². The zero-order valence-corrected chi connectivity index (χ0v) is 13.6. The molecule has 112 valence electrons. The Morgan fingerprint density at radius 1 is 1.33 bits per heavy atom. The van der Waals surface area contributed by atoms with Crippen LogP contribution in [0.2, 0.25) is 0 Å². The first-order valence-electron chi connectivity index (χ1n) is 7.64. The molecule has 0 bridgehead atoms. The first-order chi connectivity index (χ1) is 10.2. The van der Waals surface area contributed by atoms with Gasteiger partial charge in [0.2, 0.25) is 0 Å². The maximum Gasteiger partial charge on any atom is 0.0596 e. The third-order valence-electron chi connectivity index (χ3n) is 4.01. The molecule has 1 N–H and O–H groups in total. The average Bonchev–Trinajstić information content (AvgIpc) is 2.82. The second-order valence-electron chi connectivity index (χ2n) is 5.72. The van der Waals surface area contributed by atoms with E-state index in [1.807, 2.05) is 11.8 Å². The molecule has 21 heavy (non-hydrogen) atoms. The highest BCUT2D eigenvalue weighted by Gasteiger charge is 2.19. The van der Waals surface area contributed by atoms with Gasteiger partial charge in [0.15, 0.2) is 0 Å². The third kappa shape index (κ3) is 3.50. The number of aromatic nitrogens is 2. The van der Waals surface area contributed by atoms with E-state index < -0.39 is 0 Å². The molecular weight excluding hydrogens is 278 g/mol. The van der Waals surface area contributed by atoms with Crippen molar-refractivity contribution < 1.29 is 0 Å². The standard InChI is InChI=1S/C17H23N3S/c1-13-10-14(2)20(19-13)9-5-8-18-17-12-21-11-15-6-3-4-7-16(15)17/h3-4,6-7,10,17-18H,5,8-9,11-12H2,1-2H3. The van der Waals surface area contributed by atoms with Crippen LogP contribution in [0.5, 0.6) is 0 Å². The van der Waals surface area contributed by atoms with Crippen LogP contribution in [0.1, 0.15) is 35.0 Å². The summed E-state index contributed by atoms with van der Waals surface area (Å²) in [7, 11) is 0. The SMILES string of the molecule is Cc1cc(C)n(CCCNC2CSCc3ccccc32)n1. The highest BCUT2D eigenvalue weighted by molar-refractivity contribution is 7.98. The number of hydrogen-bond acceptors (Lipinski definition) is 3. The summed E-state index contributed by atoms with van der Waals surface area (Å²) in [5, 5.41) is 8.23. The number of rotatable bonds is 5. The summed E-state index contributed by atoms with van der Waals surface area (Å²) < 4.78 is 2.11. The van der Waals surface area contributed by atoms with E-state index in [4.69, 9.17) is 0 Å². The number of thioether (sulfide) groups is 1. The average molecular weight is 301 g/mol.